The van der Waals surface area contributed by atoms with Crippen molar-refractivity contribution >= 4 is 44.7 Å². The number of fused-ring (bicyclic) bond motifs is 1. The first-order valence-electron chi connectivity index (χ1n) is 8.15. The zero-order valence-electron chi connectivity index (χ0n) is 14.4. The number of thiophene rings is 1. The molecule has 0 bridgehead atoms. The highest BCUT2D eigenvalue weighted by molar-refractivity contribution is 8.00. The predicted molar refractivity (Wildman–Crippen MR) is 111 cm³/mol. The van der Waals surface area contributed by atoms with E-state index in [0.717, 1.165) is 21.2 Å². The predicted octanol–water partition coefficient (Wildman–Crippen LogP) is 4.71. The maximum Gasteiger partial charge on any atom is 0.263 e. The molecular weight excluding hydrogens is 396 g/mol. The molecule has 27 heavy (non-hydrogen) atoms. The minimum absolute atomic E-state index is 0.0152. The van der Waals surface area contributed by atoms with Crippen LogP contribution in [0.15, 0.2) is 50.2 Å². The molecule has 0 saturated heterocycles. The van der Waals surface area contributed by atoms with Crippen molar-refractivity contribution in [1.82, 2.24) is 14.5 Å². The van der Waals surface area contributed by atoms with Crippen LogP contribution in [-0.4, -0.2) is 14.5 Å². The van der Waals surface area contributed by atoms with Crippen LogP contribution in [0.25, 0.3) is 21.3 Å². The van der Waals surface area contributed by atoms with Crippen LogP contribution in [-0.2, 0) is 12.3 Å². The fraction of sp³-hybridized carbons (Fsp3) is 0.158. The summed E-state index contributed by atoms with van der Waals surface area (Å²) in [6.45, 7) is 1.94. The fourth-order valence-electron chi connectivity index (χ4n) is 2.77. The summed E-state index contributed by atoms with van der Waals surface area (Å²) in [5.74, 6) is 1.10. The van der Waals surface area contributed by atoms with Crippen molar-refractivity contribution in [2.75, 3.05) is 0 Å². The monoisotopic (exact) mass is 410 g/mol. The Balaban J connectivity index is 1.80. The third kappa shape index (κ3) is 3.54. The number of hydrogen-bond acceptors (Lipinski definition) is 7. The maximum atomic E-state index is 13.2. The molecule has 5 nitrogen and oxygen atoms in total. The molecule has 0 saturated carbocycles. The molecular formula is C19H14N4OS3. The van der Waals surface area contributed by atoms with Crippen LogP contribution in [0.2, 0.25) is 0 Å². The molecule has 0 radical (unpaired) electrons. The second-order valence-electron chi connectivity index (χ2n) is 5.82. The van der Waals surface area contributed by atoms with Gasteiger partial charge < -0.3 is 0 Å². The fourth-order valence-corrected chi connectivity index (χ4v) is 5.52. The van der Waals surface area contributed by atoms with Crippen molar-refractivity contribution in [2.24, 2.45) is 0 Å². The standard InChI is InChI=1S/C19H14N4OS3/c1-12-9-26-19(21-12)27-11-15-22-17-16(18(24)23(15)8-7-20)14(10-25-17)13-5-3-2-4-6-13/h2-6,9-10H,8,11H2,1H3. The van der Waals surface area contributed by atoms with Crippen LogP contribution < -0.4 is 5.56 Å². The van der Waals surface area contributed by atoms with Gasteiger partial charge in [-0.25, -0.2) is 9.97 Å². The van der Waals surface area contributed by atoms with Crippen LogP contribution in [0.5, 0.6) is 0 Å². The molecule has 0 atom stereocenters. The summed E-state index contributed by atoms with van der Waals surface area (Å²) in [6.07, 6.45) is 0. The van der Waals surface area contributed by atoms with Crippen LogP contribution >= 0.6 is 34.4 Å². The SMILES string of the molecule is Cc1csc(SCc2nc3scc(-c4ccccc4)c3c(=O)n2CC#N)n1. The van der Waals surface area contributed by atoms with E-state index < -0.39 is 0 Å². The second-order valence-corrected chi connectivity index (χ2v) is 8.76. The topological polar surface area (TPSA) is 71.6 Å². The number of thiazole rings is 1. The van der Waals surface area contributed by atoms with Crippen LogP contribution in [0, 0.1) is 18.3 Å². The molecule has 0 amide bonds. The summed E-state index contributed by atoms with van der Waals surface area (Å²) in [5, 5.41) is 13.8. The molecule has 0 aliphatic rings. The zero-order chi connectivity index (χ0) is 18.8. The highest BCUT2D eigenvalue weighted by atomic mass is 32.2. The van der Waals surface area contributed by atoms with Gasteiger partial charge in [0.1, 0.15) is 17.2 Å². The zero-order valence-corrected chi connectivity index (χ0v) is 16.8. The Hall–Kier alpha value is -2.47. The third-order valence-corrected chi connectivity index (χ3v) is 7.02. The Morgan fingerprint density at radius 1 is 1.19 bits per heavy atom. The van der Waals surface area contributed by atoms with Crippen molar-refractivity contribution in [2.45, 2.75) is 23.6 Å². The smallest absolute Gasteiger partial charge is 0.263 e. The van der Waals surface area contributed by atoms with Crippen LogP contribution in [0.4, 0.5) is 0 Å². The molecule has 0 aliphatic carbocycles. The summed E-state index contributed by atoms with van der Waals surface area (Å²) in [6, 6.07) is 11.9. The molecule has 4 rings (SSSR count). The van der Waals surface area contributed by atoms with E-state index in [1.807, 2.05) is 48.0 Å². The van der Waals surface area contributed by atoms with Gasteiger partial charge in [-0.3, -0.25) is 9.36 Å². The summed E-state index contributed by atoms with van der Waals surface area (Å²) in [4.78, 5) is 23.0. The number of aryl methyl sites for hydroxylation is 1. The summed E-state index contributed by atoms with van der Waals surface area (Å²) >= 11 is 4.57. The average molecular weight is 411 g/mol. The highest BCUT2D eigenvalue weighted by Gasteiger charge is 2.17. The van der Waals surface area contributed by atoms with Gasteiger partial charge >= 0.3 is 0 Å². The number of benzene rings is 1. The van der Waals surface area contributed by atoms with Gasteiger partial charge in [-0.15, -0.1) is 22.7 Å². The lowest BCUT2D eigenvalue weighted by Crippen LogP contribution is -2.24. The number of hydrogen-bond donors (Lipinski definition) is 0. The molecule has 0 fully saturated rings. The van der Waals surface area contributed by atoms with Crippen molar-refractivity contribution in [3.8, 4) is 17.2 Å². The van der Waals surface area contributed by atoms with E-state index in [9.17, 15) is 10.1 Å². The third-order valence-electron chi connectivity index (χ3n) is 4.01. The van der Waals surface area contributed by atoms with Crippen molar-refractivity contribution in [3.05, 3.63) is 63.0 Å². The number of aromatic nitrogens is 3. The maximum absolute atomic E-state index is 13.2. The lowest BCUT2D eigenvalue weighted by Gasteiger charge is -2.09. The lowest BCUT2D eigenvalue weighted by atomic mass is 10.1. The van der Waals surface area contributed by atoms with Crippen molar-refractivity contribution in [3.63, 3.8) is 0 Å². The molecule has 8 heteroatoms. The van der Waals surface area contributed by atoms with E-state index >= 15 is 0 Å². The molecule has 0 spiro atoms. The summed E-state index contributed by atoms with van der Waals surface area (Å²) in [5.41, 5.74) is 2.67. The number of thioether (sulfide) groups is 1. The van der Waals surface area contributed by atoms with E-state index in [1.165, 1.54) is 27.7 Å². The molecule has 3 aromatic heterocycles. The first-order chi connectivity index (χ1) is 13.2. The van der Waals surface area contributed by atoms with Gasteiger partial charge in [0.15, 0.2) is 4.34 Å². The van der Waals surface area contributed by atoms with Crippen molar-refractivity contribution in [1.29, 1.82) is 5.26 Å². The average Bonchev–Trinajstić information content (AvgIpc) is 3.29. The first-order valence-corrected chi connectivity index (χ1v) is 10.9. The minimum atomic E-state index is -0.160. The van der Waals surface area contributed by atoms with Gasteiger partial charge in [-0.1, -0.05) is 42.1 Å². The van der Waals surface area contributed by atoms with Gasteiger partial charge in [-0.05, 0) is 12.5 Å². The van der Waals surface area contributed by atoms with Gasteiger partial charge in [0.05, 0.1) is 17.2 Å². The van der Waals surface area contributed by atoms with Gasteiger partial charge in [0, 0.05) is 22.0 Å². The Morgan fingerprint density at radius 2 is 2.00 bits per heavy atom. The second kappa shape index (κ2) is 7.64. The van der Waals surface area contributed by atoms with E-state index in [4.69, 9.17) is 4.98 Å². The minimum Gasteiger partial charge on any atom is -0.281 e. The molecule has 0 aliphatic heterocycles. The lowest BCUT2D eigenvalue weighted by molar-refractivity contribution is 0.731. The van der Waals surface area contributed by atoms with Gasteiger partial charge in [0.2, 0.25) is 0 Å². The van der Waals surface area contributed by atoms with Gasteiger partial charge in [0.25, 0.3) is 5.56 Å². The molecule has 4 aromatic rings. The van der Waals surface area contributed by atoms with E-state index in [1.54, 1.807) is 11.3 Å². The van der Waals surface area contributed by atoms with Crippen molar-refractivity contribution < 1.29 is 0 Å². The quantitative estimate of drug-likeness (QED) is 0.446. The largest absolute Gasteiger partial charge is 0.281 e. The Morgan fingerprint density at radius 3 is 2.70 bits per heavy atom. The number of nitriles is 1. The van der Waals surface area contributed by atoms with Crippen LogP contribution in [0.3, 0.4) is 0 Å². The Bertz CT molecular complexity index is 1200. The van der Waals surface area contributed by atoms with E-state index in [2.05, 4.69) is 11.1 Å². The van der Waals surface area contributed by atoms with E-state index in [-0.39, 0.29) is 12.1 Å². The molecule has 0 unspecified atom stereocenters. The summed E-state index contributed by atoms with van der Waals surface area (Å²) in [7, 11) is 0. The number of rotatable bonds is 5. The molecule has 0 N–H and O–H groups in total. The van der Waals surface area contributed by atoms with E-state index in [0.29, 0.717) is 21.8 Å². The first kappa shape index (κ1) is 17.9. The number of nitrogens with zero attached hydrogens (tertiary/aromatic N) is 4. The van der Waals surface area contributed by atoms with Crippen LogP contribution in [0.1, 0.15) is 11.5 Å². The Kier molecular flexibility index (Phi) is 5.07. The Labute approximate surface area is 168 Å². The molecule has 3 heterocycles. The molecule has 1 aromatic carbocycles. The summed E-state index contributed by atoms with van der Waals surface area (Å²) < 4.78 is 2.41. The normalized spacial score (nSPS) is 11.0. The molecule has 134 valence electrons. The van der Waals surface area contributed by atoms with Gasteiger partial charge in [-0.2, -0.15) is 5.26 Å². The highest BCUT2D eigenvalue weighted by Crippen LogP contribution is 2.32.